The number of benzene rings is 1. The Kier molecular flexibility index (Phi) is 5.69. The summed E-state index contributed by atoms with van der Waals surface area (Å²) in [6, 6.07) is 7.13. The topological polar surface area (TPSA) is 92.7 Å². The number of aryl methyl sites for hydroxylation is 2. The Morgan fingerprint density at radius 1 is 1.26 bits per heavy atom. The van der Waals surface area contributed by atoms with Crippen LogP contribution in [-0.2, 0) is 13.0 Å². The fourth-order valence-electron chi connectivity index (χ4n) is 3.06. The Labute approximate surface area is 157 Å². The van der Waals surface area contributed by atoms with Crippen molar-refractivity contribution in [3.8, 4) is 0 Å². The minimum absolute atomic E-state index is 0.161. The minimum atomic E-state index is -0.257. The molecule has 0 aliphatic carbocycles. The van der Waals surface area contributed by atoms with Gasteiger partial charge in [0.05, 0.1) is 11.6 Å². The molecule has 0 saturated carbocycles. The molecule has 2 aromatic heterocycles. The Morgan fingerprint density at radius 3 is 2.67 bits per heavy atom. The molecule has 0 saturated heterocycles. The molecule has 3 rings (SSSR count). The molecule has 2 heterocycles. The van der Waals surface area contributed by atoms with Crippen LogP contribution in [0.25, 0.3) is 10.8 Å². The Morgan fingerprint density at radius 2 is 2.00 bits per heavy atom. The second-order valence-electron chi connectivity index (χ2n) is 7.15. The first-order valence-electron chi connectivity index (χ1n) is 9.24. The third kappa shape index (κ3) is 4.24. The number of nitrogens with zero attached hydrogens (tertiary/aromatic N) is 3. The van der Waals surface area contributed by atoms with Gasteiger partial charge in [-0.15, -0.1) is 0 Å². The van der Waals surface area contributed by atoms with Gasteiger partial charge in [0.25, 0.3) is 11.5 Å². The van der Waals surface area contributed by atoms with Gasteiger partial charge in [0.15, 0.2) is 5.69 Å². The molecule has 0 radical (unpaired) electrons. The van der Waals surface area contributed by atoms with E-state index in [-0.39, 0.29) is 17.4 Å². The highest BCUT2D eigenvalue weighted by molar-refractivity contribution is 6.04. The molecular weight excluding hydrogens is 342 g/mol. The number of amides is 1. The summed E-state index contributed by atoms with van der Waals surface area (Å²) in [7, 11) is 0. The molecule has 0 spiro atoms. The number of hydrogen-bond donors (Lipinski definition) is 2. The smallest absolute Gasteiger partial charge is 0.274 e. The first-order valence-corrected chi connectivity index (χ1v) is 9.24. The molecule has 0 fully saturated rings. The summed E-state index contributed by atoms with van der Waals surface area (Å²) in [5.74, 6) is -0.00176. The van der Waals surface area contributed by atoms with Crippen molar-refractivity contribution in [1.29, 1.82) is 0 Å². The molecule has 27 heavy (non-hydrogen) atoms. The monoisotopic (exact) mass is 367 g/mol. The van der Waals surface area contributed by atoms with Crippen LogP contribution in [0.5, 0.6) is 0 Å². The van der Waals surface area contributed by atoms with E-state index >= 15 is 0 Å². The summed E-state index contributed by atoms with van der Waals surface area (Å²) in [6.45, 7) is 7.02. The first kappa shape index (κ1) is 18.8. The van der Waals surface area contributed by atoms with Crippen molar-refractivity contribution in [2.75, 3.05) is 6.54 Å². The third-order valence-electron chi connectivity index (χ3n) is 4.46. The van der Waals surface area contributed by atoms with Crippen LogP contribution < -0.4 is 10.9 Å². The van der Waals surface area contributed by atoms with Gasteiger partial charge in [-0.25, -0.2) is 4.68 Å². The number of hydrogen-bond acceptors (Lipinski definition) is 4. The number of H-pyrrole nitrogens is 1. The molecule has 0 aliphatic heterocycles. The maximum atomic E-state index is 12.7. The average molecular weight is 367 g/mol. The lowest BCUT2D eigenvalue weighted by molar-refractivity contribution is 0.0947. The number of nitrogens with one attached hydrogen (secondary N) is 2. The number of rotatable bonds is 7. The summed E-state index contributed by atoms with van der Waals surface area (Å²) < 4.78 is 1.40. The Balaban J connectivity index is 1.78. The molecule has 1 aromatic carbocycles. The summed E-state index contributed by atoms with van der Waals surface area (Å²) in [4.78, 5) is 25.4. The van der Waals surface area contributed by atoms with Crippen LogP contribution in [0.4, 0.5) is 0 Å². The molecule has 3 aromatic rings. The molecule has 2 N–H and O–H groups in total. The summed E-state index contributed by atoms with van der Waals surface area (Å²) in [6.07, 6.45) is 3.45. The second kappa shape index (κ2) is 8.16. The zero-order chi connectivity index (χ0) is 19.4. The molecule has 142 valence electrons. The molecule has 0 bridgehead atoms. The highest BCUT2D eigenvalue weighted by Crippen LogP contribution is 2.14. The van der Waals surface area contributed by atoms with Crippen molar-refractivity contribution in [3.63, 3.8) is 0 Å². The molecule has 0 unspecified atom stereocenters. The zero-order valence-corrected chi connectivity index (χ0v) is 16.0. The van der Waals surface area contributed by atoms with Crippen LogP contribution in [0.15, 0.2) is 35.3 Å². The van der Waals surface area contributed by atoms with E-state index in [1.165, 1.54) is 4.68 Å². The lowest BCUT2D eigenvalue weighted by atomic mass is 10.1. The SMILES string of the molecule is Cc1[nH]ncc1CCCNC(=O)c1nn(CC(C)C)c(=O)c2ccccc12. The van der Waals surface area contributed by atoms with Crippen LogP contribution >= 0.6 is 0 Å². The molecule has 0 atom stereocenters. The lowest BCUT2D eigenvalue weighted by Crippen LogP contribution is -2.32. The van der Waals surface area contributed by atoms with E-state index in [1.54, 1.807) is 18.2 Å². The Bertz CT molecular complexity index is 1000. The quantitative estimate of drug-likeness (QED) is 0.627. The van der Waals surface area contributed by atoms with Gasteiger partial charge in [-0.3, -0.25) is 14.7 Å². The Hall–Kier alpha value is -2.96. The van der Waals surface area contributed by atoms with Gasteiger partial charge in [-0.1, -0.05) is 32.0 Å². The number of aromatic nitrogens is 4. The van der Waals surface area contributed by atoms with Crippen molar-refractivity contribution >= 4 is 16.7 Å². The van der Waals surface area contributed by atoms with Gasteiger partial charge in [-0.05, 0) is 37.3 Å². The van der Waals surface area contributed by atoms with Crippen molar-refractivity contribution in [1.82, 2.24) is 25.3 Å². The van der Waals surface area contributed by atoms with Gasteiger partial charge < -0.3 is 5.32 Å². The molecule has 7 heteroatoms. The predicted octanol–water partition coefficient (Wildman–Crippen LogP) is 2.45. The van der Waals surface area contributed by atoms with Gasteiger partial charge >= 0.3 is 0 Å². The van der Waals surface area contributed by atoms with Gasteiger partial charge in [0.2, 0.25) is 0 Å². The fourth-order valence-corrected chi connectivity index (χ4v) is 3.06. The third-order valence-corrected chi connectivity index (χ3v) is 4.46. The van der Waals surface area contributed by atoms with Crippen LogP contribution in [0, 0.1) is 12.8 Å². The number of fused-ring (bicyclic) bond motifs is 1. The lowest BCUT2D eigenvalue weighted by Gasteiger charge is -2.12. The highest BCUT2D eigenvalue weighted by Gasteiger charge is 2.16. The van der Waals surface area contributed by atoms with Crippen molar-refractivity contribution < 1.29 is 4.79 Å². The number of carbonyl (C=O) groups is 1. The molecule has 1 amide bonds. The maximum absolute atomic E-state index is 12.7. The van der Waals surface area contributed by atoms with Gasteiger partial charge in [0, 0.05) is 24.2 Å². The average Bonchev–Trinajstić information content (AvgIpc) is 3.05. The fraction of sp³-hybridized carbons (Fsp3) is 0.400. The van der Waals surface area contributed by atoms with E-state index in [0.717, 1.165) is 24.1 Å². The zero-order valence-electron chi connectivity index (χ0n) is 16.0. The number of aromatic amines is 1. The standard InChI is InChI=1S/C20H25N5O2/c1-13(2)12-25-20(27)17-9-5-4-8-16(17)18(24-25)19(26)21-10-6-7-15-11-22-23-14(15)3/h4-5,8-9,11,13H,6-7,10,12H2,1-3H3,(H,21,26)(H,22,23). The highest BCUT2D eigenvalue weighted by atomic mass is 16.2. The minimum Gasteiger partial charge on any atom is -0.351 e. The van der Waals surface area contributed by atoms with E-state index in [2.05, 4.69) is 20.6 Å². The van der Waals surface area contributed by atoms with E-state index in [9.17, 15) is 9.59 Å². The normalized spacial score (nSPS) is 11.3. The summed E-state index contributed by atoms with van der Waals surface area (Å²) >= 11 is 0. The summed E-state index contributed by atoms with van der Waals surface area (Å²) in [5.41, 5.74) is 2.34. The van der Waals surface area contributed by atoms with Crippen molar-refractivity contribution in [3.05, 3.63) is 57.8 Å². The van der Waals surface area contributed by atoms with Crippen LogP contribution in [0.1, 0.15) is 42.0 Å². The van der Waals surface area contributed by atoms with E-state index in [4.69, 9.17) is 0 Å². The first-order chi connectivity index (χ1) is 13.0. The molecule has 7 nitrogen and oxygen atoms in total. The van der Waals surface area contributed by atoms with Crippen LogP contribution in [0.2, 0.25) is 0 Å². The largest absolute Gasteiger partial charge is 0.351 e. The maximum Gasteiger partial charge on any atom is 0.274 e. The van der Waals surface area contributed by atoms with Crippen LogP contribution in [0.3, 0.4) is 0 Å². The van der Waals surface area contributed by atoms with Crippen molar-refractivity contribution in [2.24, 2.45) is 5.92 Å². The number of carbonyl (C=O) groups excluding carboxylic acids is 1. The van der Waals surface area contributed by atoms with E-state index in [1.807, 2.05) is 33.0 Å². The van der Waals surface area contributed by atoms with Crippen molar-refractivity contribution in [2.45, 2.75) is 40.2 Å². The van der Waals surface area contributed by atoms with Crippen LogP contribution in [-0.4, -0.2) is 32.4 Å². The van der Waals surface area contributed by atoms with E-state index < -0.39 is 0 Å². The molecular formula is C20H25N5O2. The van der Waals surface area contributed by atoms with Gasteiger partial charge in [-0.2, -0.15) is 10.2 Å². The predicted molar refractivity (Wildman–Crippen MR) is 105 cm³/mol. The van der Waals surface area contributed by atoms with Gasteiger partial charge in [0.1, 0.15) is 0 Å². The summed E-state index contributed by atoms with van der Waals surface area (Å²) in [5, 5.41) is 15.3. The second-order valence-corrected chi connectivity index (χ2v) is 7.15. The van der Waals surface area contributed by atoms with E-state index in [0.29, 0.717) is 29.6 Å². The molecule has 0 aliphatic rings.